The van der Waals surface area contributed by atoms with E-state index in [1.165, 1.54) is 0 Å². The zero-order chi connectivity index (χ0) is 17.2. The van der Waals surface area contributed by atoms with Crippen LogP contribution in [0.1, 0.15) is 44.0 Å². The van der Waals surface area contributed by atoms with Crippen LogP contribution in [-0.4, -0.2) is 29.4 Å². The summed E-state index contributed by atoms with van der Waals surface area (Å²) in [4.78, 5) is 4.57. The Balaban J connectivity index is 2.48. The third-order valence-electron chi connectivity index (χ3n) is 3.29. The van der Waals surface area contributed by atoms with Crippen LogP contribution in [0.3, 0.4) is 0 Å². The maximum absolute atomic E-state index is 11.5. The highest BCUT2D eigenvalue weighted by atomic mass is 32.2. The lowest BCUT2D eigenvalue weighted by molar-refractivity contribution is 0.560. The summed E-state index contributed by atoms with van der Waals surface area (Å²) >= 11 is 0. The van der Waals surface area contributed by atoms with Gasteiger partial charge in [-0.2, -0.15) is 5.10 Å². The van der Waals surface area contributed by atoms with E-state index in [0.29, 0.717) is 11.7 Å². The first-order chi connectivity index (χ1) is 10.7. The Labute approximate surface area is 138 Å². The van der Waals surface area contributed by atoms with Gasteiger partial charge in [0.15, 0.2) is 5.82 Å². The van der Waals surface area contributed by atoms with Gasteiger partial charge < -0.3 is 0 Å². The van der Waals surface area contributed by atoms with E-state index in [0.717, 1.165) is 29.8 Å². The minimum absolute atomic E-state index is 0.425. The van der Waals surface area contributed by atoms with E-state index in [1.54, 1.807) is 11.6 Å². The minimum atomic E-state index is -3.32. The van der Waals surface area contributed by atoms with Crippen molar-refractivity contribution in [1.29, 1.82) is 0 Å². The number of hydrogen-bond donors (Lipinski definition) is 1. The second-order valence-electron chi connectivity index (χ2n) is 6.35. The summed E-state index contributed by atoms with van der Waals surface area (Å²) in [6.45, 7) is 7.99. The lowest BCUT2D eigenvalue weighted by Crippen LogP contribution is -2.27. The first-order valence-electron chi connectivity index (χ1n) is 7.66. The molecule has 1 aromatic carbocycles. The molecule has 1 heterocycles. The van der Waals surface area contributed by atoms with E-state index in [9.17, 15) is 8.42 Å². The second kappa shape index (κ2) is 6.80. The molecular formula is C16H24N4O2S. The van der Waals surface area contributed by atoms with Crippen molar-refractivity contribution in [2.24, 2.45) is 5.92 Å². The van der Waals surface area contributed by atoms with Crippen LogP contribution in [0.5, 0.6) is 0 Å². The van der Waals surface area contributed by atoms with Crippen molar-refractivity contribution >= 4 is 10.0 Å². The highest BCUT2D eigenvalue weighted by Gasteiger charge is 2.20. The number of rotatable bonds is 6. The Kier molecular flexibility index (Phi) is 5.21. The van der Waals surface area contributed by atoms with Gasteiger partial charge in [-0.25, -0.2) is 22.8 Å². The number of nitrogens with one attached hydrogen (secondary N) is 1. The first-order valence-corrected chi connectivity index (χ1v) is 9.55. The minimum Gasteiger partial charge on any atom is -0.216 e. The average Bonchev–Trinajstić information content (AvgIpc) is 2.80. The van der Waals surface area contributed by atoms with Gasteiger partial charge in [0.25, 0.3) is 0 Å². The van der Waals surface area contributed by atoms with Crippen LogP contribution < -0.4 is 4.72 Å². The van der Waals surface area contributed by atoms with Crippen molar-refractivity contribution in [3.8, 4) is 5.69 Å². The highest BCUT2D eigenvalue weighted by Crippen LogP contribution is 2.19. The Morgan fingerprint density at radius 2 is 1.96 bits per heavy atom. The Morgan fingerprint density at radius 1 is 1.26 bits per heavy atom. The lowest BCUT2D eigenvalue weighted by Gasteiger charge is -2.13. The van der Waals surface area contributed by atoms with E-state index >= 15 is 0 Å². The molecule has 0 aliphatic carbocycles. The van der Waals surface area contributed by atoms with Crippen LogP contribution >= 0.6 is 0 Å². The molecule has 0 fully saturated rings. The zero-order valence-electron chi connectivity index (χ0n) is 14.2. The molecule has 126 valence electrons. The fraction of sp³-hybridized carbons (Fsp3) is 0.500. The van der Waals surface area contributed by atoms with Gasteiger partial charge in [-0.3, -0.25) is 0 Å². The predicted molar refractivity (Wildman–Crippen MR) is 91.0 cm³/mol. The number of nitrogens with zero attached hydrogens (tertiary/aromatic N) is 3. The third kappa shape index (κ3) is 4.87. The quantitative estimate of drug-likeness (QED) is 0.878. The molecule has 0 radical (unpaired) electrons. The van der Waals surface area contributed by atoms with Gasteiger partial charge in [-0.05, 0) is 37.5 Å². The molecule has 6 nitrogen and oxygen atoms in total. The van der Waals surface area contributed by atoms with Crippen molar-refractivity contribution in [1.82, 2.24) is 19.5 Å². The van der Waals surface area contributed by atoms with Gasteiger partial charge in [0.2, 0.25) is 10.0 Å². The molecular weight excluding hydrogens is 312 g/mol. The molecule has 1 aromatic heterocycles. The predicted octanol–water partition coefficient (Wildman–Crippen LogP) is 2.38. The molecule has 0 spiro atoms. The van der Waals surface area contributed by atoms with Crippen molar-refractivity contribution in [3.05, 3.63) is 41.5 Å². The highest BCUT2D eigenvalue weighted by molar-refractivity contribution is 7.88. The molecule has 1 N–H and O–H groups in total. The van der Waals surface area contributed by atoms with Gasteiger partial charge in [0.05, 0.1) is 18.0 Å². The van der Waals surface area contributed by atoms with Gasteiger partial charge in [-0.1, -0.05) is 26.0 Å². The van der Waals surface area contributed by atoms with Gasteiger partial charge in [-0.15, -0.1) is 0 Å². The molecule has 0 amide bonds. The Morgan fingerprint density at radius 3 is 2.52 bits per heavy atom. The van der Waals surface area contributed by atoms with Crippen molar-refractivity contribution in [3.63, 3.8) is 0 Å². The molecule has 2 aromatic rings. The monoisotopic (exact) mass is 336 g/mol. The fourth-order valence-electron chi connectivity index (χ4n) is 2.42. The fourth-order valence-corrected chi connectivity index (χ4v) is 3.17. The zero-order valence-corrected chi connectivity index (χ0v) is 15.1. The molecule has 0 unspecified atom stereocenters. The molecule has 0 aliphatic heterocycles. The molecule has 0 aliphatic rings. The smallest absolute Gasteiger partial charge is 0.209 e. The van der Waals surface area contributed by atoms with E-state index < -0.39 is 16.1 Å². The van der Waals surface area contributed by atoms with Crippen LogP contribution in [0.4, 0.5) is 0 Å². The number of aromatic nitrogens is 3. The van der Waals surface area contributed by atoms with Crippen LogP contribution in [0.25, 0.3) is 5.69 Å². The van der Waals surface area contributed by atoms with Crippen LogP contribution in [0.15, 0.2) is 24.3 Å². The Hall–Kier alpha value is -1.73. The first kappa shape index (κ1) is 17.6. The number of aryl methyl sites for hydroxylation is 1. The summed E-state index contributed by atoms with van der Waals surface area (Å²) in [5, 5.41) is 4.58. The standard InChI is InChI=1S/C16H24N4O2S/c1-11(2)9-15-17-16(13(4)19-23(5,21)22)20(18-15)14-8-6-7-12(3)10-14/h6-8,10-11,13,19H,9H2,1-5H3/t13-/m1/s1. The van der Waals surface area contributed by atoms with Gasteiger partial charge >= 0.3 is 0 Å². The largest absolute Gasteiger partial charge is 0.216 e. The topological polar surface area (TPSA) is 76.9 Å². The number of sulfonamides is 1. The second-order valence-corrected chi connectivity index (χ2v) is 8.13. The molecule has 2 rings (SSSR count). The molecule has 23 heavy (non-hydrogen) atoms. The molecule has 0 saturated heterocycles. The maximum atomic E-state index is 11.5. The van der Waals surface area contributed by atoms with E-state index in [2.05, 4.69) is 28.7 Å². The summed E-state index contributed by atoms with van der Waals surface area (Å²) in [7, 11) is -3.32. The lowest BCUT2D eigenvalue weighted by atomic mass is 10.1. The van der Waals surface area contributed by atoms with Crippen LogP contribution in [-0.2, 0) is 16.4 Å². The van der Waals surface area contributed by atoms with E-state index in [-0.39, 0.29) is 0 Å². The van der Waals surface area contributed by atoms with Gasteiger partial charge in [0, 0.05) is 6.42 Å². The SMILES string of the molecule is Cc1cccc(-n2nc(CC(C)C)nc2[C@@H](C)NS(C)(=O)=O)c1. The third-order valence-corrected chi connectivity index (χ3v) is 4.07. The molecule has 1 atom stereocenters. The Bertz CT molecular complexity index is 781. The summed E-state index contributed by atoms with van der Waals surface area (Å²) in [5.74, 6) is 1.74. The summed E-state index contributed by atoms with van der Waals surface area (Å²) in [6, 6.07) is 7.45. The van der Waals surface area contributed by atoms with Crippen molar-refractivity contribution < 1.29 is 8.42 Å². The van der Waals surface area contributed by atoms with Gasteiger partial charge in [0.1, 0.15) is 5.82 Å². The molecule has 7 heteroatoms. The number of hydrogen-bond acceptors (Lipinski definition) is 4. The normalized spacial score (nSPS) is 13.5. The molecule has 0 saturated carbocycles. The molecule has 0 bridgehead atoms. The summed E-state index contributed by atoms with van der Waals surface area (Å²) in [5.41, 5.74) is 1.99. The summed E-state index contributed by atoms with van der Waals surface area (Å²) in [6.07, 6.45) is 1.89. The van der Waals surface area contributed by atoms with Crippen LogP contribution in [0, 0.1) is 12.8 Å². The van der Waals surface area contributed by atoms with Crippen LogP contribution in [0.2, 0.25) is 0 Å². The van der Waals surface area contributed by atoms with E-state index in [1.807, 2.05) is 31.2 Å². The summed E-state index contributed by atoms with van der Waals surface area (Å²) < 4.78 is 27.4. The maximum Gasteiger partial charge on any atom is 0.209 e. The number of benzene rings is 1. The van der Waals surface area contributed by atoms with Crippen molar-refractivity contribution in [2.45, 2.75) is 40.2 Å². The van der Waals surface area contributed by atoms with Crippen molar-refractivity contribution in [2.75, 3.05) is 6.26 Å². The average molecular weight is 336 g/mol. The van der Waals surface area contributed by atoms with E-state index in [4.69, 9.17) is 0 Å².